The Kier molecular flexibility index (Phi) is 6.65. The minimum atomic E-state index is -1.40. The van der Waals surface area contributed by atoms with Gasteiger partial charge in [0, 0.05) is 11.6 Å². The largest absolute Gasteiger partial charge is 0.507 e. The quantitative estimate of drug-likeness (QED) is 0.554. The van der Waals surface area contributed by atoms with E-state index < -0.39 is 28.2 Å². The molecule has 2 rings (SSSR count). The van der Waals surface area contributed by atoms with Crippen molar-refractivity contribution in [1.29, 1.82) is 0 Å². The zero-order valence-corrected chi connectivity index (χ0v) is 14.2. The van der Waals surface area contributed by atoms with Crippen LogP contribution >= 0.6 is 0 Å². The van der Waals surface area contributed by atoms with Gasteiger partial charge in [0.2, 0.25) is 0 Å². The standard InChI is InChI=1S/C9H10O3.C8H7NO5/c1-6-3-4-7(9(10)11)8(5-6)12-2;1-4-2-7(10)5(8(11)12)3-6(4)9(13)14/h3-5H,1-2H3,(H,10,11);2-3,10H,1H3,(H,11,12). The van der Waals surface area contributed by atoms with Gasteiger partial charge in [0.1, 0.15) is 22.6 Å². The molecule has 9 heteroatoms. The molecule has 9 nitrogen and oxygen atoms in total. The first-order valence-corrected chi connectivity index (χ1v) is 7.17. The molecule has 0 saturated carbocycles. The van der Waals surface area contributed by atoms with Crippen LogP contribution in [0.4, 0.5) is 5.69 Å². The van der Waals surface area contributed by atoms with Crippen LogP contribution in [0.5, 0.6) is 11.5 Å². The molecule has 0 radical (unpaired) electrons. The topological polar surface area (TPSA) is 147 Å². The van der Waals surface area contributed by atoms with Crippen molar-refractivity contribution in [3.63, 3.8) is 0 Å². The van der Waals surface area contributed by atoms with Crippen molar-refractivity contribution in [1.82, 2.24) is 0 Å². The Morgan fingerprint density at radius 1 is 1.04 bits per heavy atom. The van der Waals surface area contributed by atoms with E-state index in [1.54, 1.807) is 12.1 Å². The van der Waals surface area contributed by atoms with Gasteiger partial charge in [-0.3, -0.25) is 10.1 Å². The molecule has 0 aliphatic heterocycles. The predicted molar refractivity (Wildman–Crippen MR) is 91.1 cm³/mol. The zero-order valence-electron chi connectivity index (χ0n) is 14.2. The summed E-state index contributed by atoms with van der Waals surface area (Å²) in [5.41, 5.74) is 0.611. The maximum absolute atomic E-state index is 10.6. The number of nitrogens with zero attached hydrogens (tertiary/aromatic N) is 1. The number of carbonyl (C=O) groups is 2. The zero-order chi connectivity index (χ0) is 20.0. The maximum atomic E-state index is 10.6. The molecule has 0 aromatic heterocycles. The lowest BCUT2D eigenvalue weighted by atomic mass is 10.1. The van der Waals surface area contributed by atoms with Gasteiger partial charge in [0.15, 0.2) is 0 Å². The monoisotopic (exact) mass is 363 g/mol. The molecule has 138 valence electrons. The molecule has 0 heterocycles. The first-order chi connectivity index (χ1) is 12.1. The van der Waals surface area contributed by atoms with E-state index >= 15 is 0 Å². The van der Waals surface area contributed by atoms with Crippen LogP contribution in [0.1, 0.15) is 31.8 Å². The number of aromatic hydroxyl groups is 1. The fourth-order valence-corrected chi connectivity index (χ4v) is 2.02. The summed E-state index contributed by atoms with van der Waals surface area (Å²) in [6.07, 6.45) is 0. The summed E-state index contributed by atoms with van der Waals surface area (Å²) in [6, 6.07) is 6.88. The van der Waals surface area contributed by atoms with Gasteiger partial charge in [-0.05, 0) is 37.6 Å². The van der Waals surface area contributed by atoms with Crippen molar-refractivity contribution in [2.45, 2.75) is 13.8 Å². The Morgan fingerprint density at radius 2 is 1.62 bits per heavy atom. The fourth-order valence-electron chi connectivity index (χ4n) is 2.02. The first kappa shape index (κ1) is 20.4. The predicted octanol–water partition coefficient (Wildman–Crippen LogP) is 3.01. The van der Waals surface area contributed by atoms with Crippen LogP contribution in [-0.4, -0.2) is 39.3 Å². The van der Waals surface area contributed by atoms with E-state index in [0.29, 0.717) is 5.75 Å². The van der Waals surface area contributed by atoms with Gasteiger partial charge in [0.25, 0.3) is 5.69 Å². The van der Waals surface area contributed by atoms with Gasteiger partial charge in [-0.25, -0.2) is 9.59 Å². The molecule has 0 amide bonds. The number of carboxylic acid groups (broad SMARTS) is 2. The number of hydrogen-bond donors (Lipinski definition) is 3. The summed E-state index contributed by atoms with van der Waals surface area (Å²) in [4.78, 5) is 30.9. The van der Waals surface area contributed by atoms with Crippen molar-refractivity contribution in [2.24, 2.45) is 0 Å². The van der Waals surface area contributed by atoms with E-state index in [9.17, 15) is 19.7 Å². The highest BCUT2D eigenvalue weighted by atomic mass is 16.6. The lowest BCUT2D eigenvalue weighted by molar-refractivity contribution is -0.385. The van der Waals surface area contributed by atoms with E-state index in [-0.39, 0.29) is 16.8 Å². The molecule has 0 aliphatic carbocycles. The van der Waals surface area contributed by atoms with E-state index in [4.69, 9.17) is 20.1 Å². The molecule has 0 saturated heterocycles. The summed E-state index contributed by atoms with van der Waals surface area (Å²) in [5.74, 6) is -2.43. The second-order valence-corrected chi connectivity index (χ2v) is 5.23. The van der Waals surface area contributed by atoms with Crippen LogP contribution in [0.2, 0.25) is 0 Å². The molecule has 0 aliphatic rings. The van der Waals surface area contributed by atoms with Crippen LogP contribution in [0.15, 0.2) is 30.3 Å². The van der Waals surface area contributed by atoms with Gasteiger partial charge < -0.3 is 20.1 Å². The Labute approximate surface area is 148 Å². The summed E-state index contributed by atoms with van der Waals surface area (Å²) in [6.45, 7) is 3.30. The fraction of sp³-hybridized carbons (Fsp3) is 0.176. The summed E-state index contributed by atoms with van der Waals surface area (Å²) < 4.78 is 4.91. The smallest absolute Gasteiger partial charge is 0.339 e. The van der Waals surface area contributed by atoms with Crippen LogP contribution in [0.3, 0.4) is 0 Å². The SMILES string of the molecule is COc1cc(C)ccc1C(=O)O.Cc1cc(O)c(C(=O)O)cc1[N+](=O)[O-]. The molecule has 0 unspecified atom stereocenters. The molecule has 0 fully saturated rings. The lowest BCUT2D eigenvalue weighted by Crippen LogP contribution is -2.00. The molecule has 2 aromatic carbocycles. The molecular weight excluding hydrogens is 346 g/mol. The van der Waals surface area contributed by atoms with Crippen molar-refractivity contribution in [3.8, 4) is 11.5 Å². The van der Waals surface area contributed by atoms with E-state index in [0.717, 1.165) is 17.7 Å². The van der Waals surface area contributed by atoms with Crippen LogP contribution in [-0.2, 0) is 0 Å². The molecule has 0 bridgehead atoms. The van der Waals surface area contributed by atoms with E-state index in [2.05, 4.69) is 0 Å². The molecule has 26 heavy (non-hydrogen) atoms. The highest BCUT2D eigenvalue weighted by Gasteiger charge is 2.18. The Bertz CT molecular complexity index is 825. The van der Waals surface area contributed by atoms with Gasteiger partial charge in [-0.1, -0.05) is 6.07 Å². The van der Waals surface area contributed by atoms with Crippen molar-refractivity contribution >= 4 is 17.6 Å². The minimum absolute atomic E-state index is 0.197. The molecule has 0 atom stereocenters. The van der Waals surface area contributed by atoms with Gasteiger partial charge in [0.05, 0.1) is 12.0 Å². The first-order valence-electron chi connectivity index (χ1n) is 7.17. The summed E-state index contributed by atoms with van der Waals surface area (Å²) in [7, 11) is 1.46. The van der Waals surface area contributed by atoms with Crippen molar-refractivity contribution in [3.05, 3.63) is 62.7 Å². The van der Waals surface area contributed by atoms with Crippen LogP contribution in [0, 0.1) is 24.0 Å². The number of nitro groups is 1. The Balaban J connectivity index is 0.000000263. The van der Waals surface area contributed by atoms with E-state index in [1.165, 1.54) is 20.1 Å². The number of benzene rings is 2. The average Bonchev–Trinajstić information content (AvgIpc) is 2.54. The number of rotatable bonds is 4. The highest BCUT2D eigenvalue weighted by Crippen LogP contribution is 2.27. The third-order valence-electron chi connectivity index (χ3n) is 3.33. The summed E-state index contributed by atoms with van der Waals surface area (Å²) in [5, 5.41) is 36.9. The number of phenols is 1. The number of methoxy groups -OCH3 is 1. The number of aromatic carboxylic acids is 2. The second kappa shape index (κ2) is 8.47. The molecule has 0 spiro atoms. The number of aryl methyl sites for hydroxylation is 2. The van der Waals surface area contributed by atoms with Crippen LogP contribution < -0.4 is 4.74 Å². The second-order valence-electron chi connectivity index (χ2n) is 5.23. The van der Waals surface area contributed by atoms with Gasteiger partial charge >= 0.3 is 11.9 Å². The molecule has 3 N–H and O–H groups in total. The van der Waals surface area contributed by atoms with Crippen molar-refractivity contribution in [2.75, 3.05) is 7.11 Å². The van der Waals surface area contributed by atoms with Gasteiger partial charge in [-0.15, -0.1) is 0 Å². The third-order valence-corrected chi connectivity index (χ3v) is 3.33. The van der Waals surface area contributed by atoms with Gasteiger partial charge in [-0.2, -0.15) is 0 Å². The highest BCUT2D eigenvalue weighted by molar-refractivity contribution is 5.92. The van der Waals surface area contributed by atoms with Crippen LogP contribution in [0.25, 0.3) is 0 Å². The number of nitro benzene ring substituents is 1. The number of hydrogen-bond acceptors (Lipinski definition) is 6. The summed E-state index contributed by atoms with van der Waals surface area (Å²) >= 11 is 0. The number of ether oxygens (including phenoxy) is 1. The average molecular weight is 363 g/mol. The maximum Gasteiger partial charge on any atom is 0.339 e. The van der Waals surface area contributed by atoms with Crippen molar-refractivity contribution < 1.29 is 34.6 Å². The Morgan fingerprint density at radius 3 is 2.08 bits per heavy atom. The number of carboxylic acids is 2. The Hall–Kier alpha value is -3.62. The van der Waals surface area contributed by atoms with E-state index in [1.807, 2.05) is 6.92 Å². The lowest BCUT2D eigenvalue weighted by Gasteiger charge is -2.04. The third kappa shape index (κ3) is 4.94. The normalized spacial score (nSPS) is 9.65. The molecule has 2 aromatic rings. The minimum Gasteiger partial charge on any atom is -0.507 e. The molecular formula is C17H17NO8.